The first-order chi connectivity index (χ1) is 12.1. The highest BCUT2D eigenvalue weighted by Gasteiger charge is 2.14. The Morgan fingerprint density at radius 2 is 1.38 bits per heavy atom. The van der Waals surface area contributed by atoms with Gasteiger partial charge < -0.3 is 10.4 Å². The number of hydrogen-bond acceptors (Lipinski definition) is 2. The van der Waals surface area contributed by atoms with E-state index in [4.69, 9.17) is 0 Å². The number of halogens is 1. The highest BCUT2D eigenvalue weighted by atomic mass is 35.5. The van der Waals surface area contributed by atoms with Crippen molar-refractivity contribution in [2.24, 2.45) is 0 Å². The molecule has 0 aromatic heterocycles. The second kappa shape index (κ2) is 14.1. The number of aliphatic carboxylic acids is 1. The van der Waals surface area contributed by atoms with Gasteiger partial charge in [-0.1, -0.05) is 81.4 Å². The predicted molar refractivity (Wildman–Crippen MR) is 113 cm³/mol. The first-order valence-corrected chi connectivity index (χ1v) is 8.89. The van der Waals surface area contributed by atoms with Gasteiger partial charge in [-0.25, -0.2) is 4.79 Å². The Morgan fingerprint density at radius 3 is 1.77 bits per heavy atom. The van der Waals surface area contributed by atoms with Gasteiger partial charge in [-0.3, -0.25) is 0 Å². The molecule has 0 saturated heterocycles. The molecule has 0 saturated carbocycles. The number of benzene rings is 2. The molecule has 0 aliphatic heterocycles. The predicted octanol–water partition coefficient (Wildman–Crippen LogP) is 5.22. The SMILES string of the molecule is CCC(C(=O)O)=C(Cc1ccccc1)c1ccccc1.CCNCC.Cl. The fourth-order valence-corrected chi connectivity index (χ4v) is 2.57. The second-order valence-electron chi connectivity index (χ2n) is 5.60. The summed E-state index contributed by atoms with van der Waals surface area (Å²) in [5.74, 6) is -0.831. The van der Waals surface area contributed by atoms with Crippen LogP contribution in [0, 0.1) is 0 Å². The molecular weight excluding hydrogens is 346 g/mol. The standard InChI is InChI=1S/C18H18O2.C4H11N.ClH/c1-2-16(18(19)20)17(15-11-7-4-8-12-15)13-14-9-5-3-6-10-14;1-3-5-4-2;/h3-12H,2,13H2,1H3,(H,19,20);5H,3-4H2,1-2H3;1H. The van der Waals surface area contributed by atoms with E-state index >= 15 is 0 Å². The van der Waals surface area contributed by atoms with E-state index in [0.29, 0.717) is 18.4 Å². The molecule has 2 aromatic rings. The Bertz CT molecular complexity index is 652. The molecule has 0 unspecified atom stereocenters. The van der Waals surface area contributed by atoms with Crippen molar-refractivity contribution in [2.75, 3.05) is 13.1 Å². The Morgan fingerprint density at radius 1 is 0.885 bits per heavy atom. The Kier molecular flexibility index (Phi) is 13.0. The molecule has 0 radical (unpaired) electrons. The van der Waals surface area contributed by atoms with Gasteiger partial charge in [0.25, 0.3) is 0 Å². The summed E-state index contributed by atoms with van der Waals surface area (Å²) >= 11 is 0. The Balaban J connectivity index is 0.000000923. The minimum Gasteiger partial charge on any atom is -0.478 e. The first kappa shape index (κ1) is 23.9. The molecule has 3 nitrogen and oxygen atoms in total. The molecule has 26 heavy (non-hydrogen) atoms. The monoisotopic (exact) mass is 375 g/mol. The van der Waals surface area contributed by atoms with Crippen LogP contribution in [0.1, 0.15) is 38.3 Å². The molecule has 0 aliphatic carbocycles. The van der Waals surface area contributed by atoms with Gasteiger partial charge in [0.1, 0.15) is 0 Å². The fraction of sp³-hybridized carbons (Fsp3) is 0.318. The van der Waals surface area contributed by atoms with Crippen LogP contribution < -0.4 is 5.32 Å². The molecular formula is C22H30ClNO2. The molecule has 142 valence electrons. The van der Waals surface area contributed by atoms with Gasteiger partial charge in [0.05, 0.1) is 0 Å². The van der Waals surface area contributed by atoms with Crippen LogP contribution in [0.2, 0.25) is 0 Å². The quantitative estimate of drug-likeness (QED) is 0.652. The van der Waals surface area contributed by atoms with E-state index < -0.39 is 5.97 Å². The van der Waals surface area contributed by atoms with Gasteiger partial charge in [0.2, 0.25) is 0 Å². The molecule has 0 amide bonds. The number of rotatable bonds is 7. The van der Waals surface area contributed by atoms with Crippen LogP contribution in [0.5, 0.6) is 0 Å². The van der Waals surface area contributed by atoms with E-state index in [2.05, 4.69) is 19.2 Å². The highest BCUT2D eigenvalue weighted by Crippen LogP contribution is 2.25. The summed E-state index contributed by atoms with van der Waals surface area (Å²) < 4.78 is 0. The van der Waals surface area contributed by atoms with Crippen molar-refractivity contribution < 1.29 is 9.90 Å². The third-order valence-corrected chi connectivity index (χ3v) is 3.82. The van der Waals surface area contributed by atoms with Crippen molar-refractivity contribution in [3.63, 3.8) is 0 Å². The average molecular weight is 376 g/mol. The lowest BCUT2D eigenvalue weighted by Gasteiger charge is -2.12. The van der Waals surface area contributed by atoms with E-state index in [1.165, 1.54) is 0 Å². The second-order valence-corrected chi connectivity index (χ2v) is 5.60. The molecule has 0 aliphatic rings. The number of carboxylic acid groups (broad SMARTS) is 1. The zero-order valence-corrected chi connectivity index (χ0v) is 16.7. The minimum absolute atomic E-state index is 0. The summed E-state index contributed by atoms with van der Waals surface area (Å²) in [6.07, 6.45) is 1.16. The molecule has 4 heteroatoms. The molecule has 2 rings (SSSR count). The lowest BCUT2D eigenvalue weighted by Crippen LogP contribution is -2.09. The van der Waals surface area contributed by atoms with Crippen LogP contribution in [-0.4, -0.2) is 24.2 Å². The molecule has 0 heterocycles. The van der Waals surface area contributed by atoms with Crippen LogP contribution in [0.25, 0.3) is 5.57 Å². The van der Waals surface area contributed by atoms with E-state index in [0.717, 1.165) is 29.8 Å². The van der Waals surface area contributed by atoms with Crippen molar-refractivity contribution in [3.05, 3.63) is 77.4 Å². The van der Waals surface area contributed by atoms with Crippen molar-refractivity contribution in [1.29, 1.82) is 0 Å². The minimum atomic E-state index is -0.831. The van der Waals surface area contributed by atoms with Gasteiger partial charge in [-0.15, -0.1) is 12.4 Å². The van der Waals surface area contributed by atoms with Crippen molar-refractivity contribution in [3.8, 4) is 0 Å². The first-order valence-electron chi connectivity index (χ1n) is 8.89. The molecule has 0 atom stereocenters. The Labute approximate surface area is 163 Å². The molecule has 2 N–H and O–H groups in total. The van der Waals surface area contributed by atoms with Crippen LogP contribution in [0.15, 0.2) is 66.2 Å². The largest absolute Gasteiger partial charge is 0.478 e. The summed E-state index contributed by atoms with van der Waals surface area (Å²) in [6.45, 7) is 8.28. The zero-order valence-electron chi connectivity index (χ0n) is 15.9. The summed E-state index contributed by atoms with van der Waals surface area (Å²) in [5.41, 5.74) is 3.49. The van der Waals surface area contributed by atoms with Crippen molar-refractivity contribution >= 4 is 23.9 Å². The highest BCUT2D eigenvalue weighted by molar-refractivity contribution is 5.96. The summed E-state index contributed by atoms with van der Waals surface area (Å²) in [4.78, 5) is 11.5. The van der Waals surface area contributed by atoms with E-state index in [1.807, 2.05) is 67.6 Å². The van der Waals surface area contributed by atoms with Crippen LogP contribution in [0.4, 0.5) is 0 Å². The lowest BCUT2D eigenvalue weighted by molar-refractivity contribution is -0.132. The van der Waals surface area contributed by atoms with Gasteiger partial charge in [0, 0.05) is 5.57 Å². The number of nitrogens with one attached hydrogen (secondary N) is 1. The number of carboxylic acids is 1. The van der Waals surface area contributed by atoms with E-state index in [-0.39, 0.29) is 12.4 Å². The third kappa shape index (κ3) is 8.32. The summed E-state index contributed by atoms with van der Waals surface area (Å²) in [6, 6.07) is 19.7. The maximum Gasteiger partial charge on any atom is 0.331 e. The lowest BCUT2D eigenvalue weighted by atomic mass is 9.92. The van der Waals surface area contributed by atoms with Crippen LogP contribution in [0.3, 0.4) is 0 Å². The van der Waals surface area contributed by atoms with E-state index in [9.17, 15) is 9.90 Å². The van der Waals surface area contributed by atoms with Gasteiger partial charge in [-0.2, -0.15) is 0 Å². The maximum absolute atomic E-state index is 11.5. The molecule has 0 bridgehead atoms. The van der Waals surface area contributed by atoms with Gasteiger partial charge in [0.15, 0.2) is 0 Å². The van der Waals surface area contributed by atoms with Gasteiger partial charge in [-0.05, 0) is 42.6 Å². The summed E-state index contributed by atoms with van der Waals surface area (Å²) in [5, 5.41) is 12.5. The third-order valence-electron chi connectivity index (χ3n) is 3.82. The zero-order chi connectivity index (χ0) is 18.5. The maximum atomic E-state index is 11.5. The number of carbonyl (C=O) groups is 1. The Hall–Kier alpha value is -2.10. The van der Waals surface area contributed by atoms with Crippen LogP contribution in [-0.2, 0) is 11.2 Å². The van der Waals surface area contributed by atoms with E-state index in [1.54, 1.807) is 0 Å². The molecule has 0 spiro atoms. The average Bonchev–Trinajstić information content (AvgIpc) is 2.64. The topological polar surface area (TPSA) is 49.3 Å². The smallest absolute Gasteiger partial charge is 0.331 e. The van der Waals surface area contributed by atoms with Crippen molar-refractivity contribution in [2.45, 2.75) is 33.6 Å². The number of allylic oxidation sites excluding steroid dienone is 1. The fourth-order valence-electron chi connectivity index (χ4n) is 2.57. The number of hydrogen-bond donors (Lipinski definition) is 2. The van der Waals surface area contributed by atoms with Crippen molar-refractivity contribution in [1.82, 2.24) is 5.32 Å². The van der Waals surface area contributed by atoms with Gasteiger partial charge >= 0.3 is 5.97 Å². The molecule has 0 fully saturated rings. The normalized spacial score (nSPS) is 10.7. The van der Waals surface area contributed by atoms with Crippen LogP contribution >= 0.6 is 12.4 Å². The molecule has 2 aromatic carbocycles. The summed E-state index contributed by atoms with van der Waals surface area (Å²) in [7, 11) is 0.